The third kappa shape index (κ3) is 4.91. The number of ether oxygens (including phenoxy) is 1. The zero-order valence-corrected chi connectivity index (χ0v) is 15.1. The zero-order valence-electron chi connectivity index (χ0n) is 14.3. The summed E-state index contributed by atoms with van der Waals surface area (Å²) in [5.41, 5.74) is -0.120. The molecule has 2 rings (SSSR count). The lowest BCUT2D eigenvalue weighted by atomic mass is 10.1. The first-order valence-corrected chi connectivity index (χ1v) is 9.94. The number of hydrogen-bond acceptors (Lipinski definition) is 6. The van der Waals surface area contributed by atoms with Crippen LogP contribution < -0.4 is 4.74 Å². The van der Waals surface area contributed by atoms with Crippen molar-refractivity contribution in [3.05, 3.63) is 34.4 Å². The lowest BCUT2D eigenvalue weighted by molar-refractivity contribution is -0.384. The molecule has 1 heterocycles. The van der Waals surface area contributed by atoms with Crippen LogP contribution in [-0.4, -0.2) is 54.3 Å². The van der Waals surface area contributed by atoms with Crippen molar-refractivity contribution in [2.24, 2.45) is 0 Å². The number of non-ortho nitro benzene ring substituents is 1. The summed E-state index contributed by atoms with van der Waals surface area (Å²) < 4.78 is 28.9. The molecule has 138 valence electrons. The molecule has 0 spiro atoms. The topological polar surface area (TPSA) is 107 Å². The van der Waals surface area contributed by atoms with Crippen LogP contribution in [0.15, 0.2) is 24.3 Å². The number of sulfone groups is 1. The van der Waals surface area contributed by atoms with Crippen LogP contribution in [0.25, 0.3) is 0 Å². The number of hydrogen-bond donors (Lipinski definition) is 0. The lowest BCUT2D eigenvalue weighted by Crippen LogP contribution is -2.48. The van der Waals surface area contributed by atoms with Gasteiger partial charge in [-0.15, -0.1) is 0 Å². The molecule has 0 saturated carbocycles. The van der Waals surface area contributed by atoms with Gasteiger partial charge in [0.25, 0.3) is 11.6 Å². The fourth-order valence-electron chi connectivity index (χ4n) is 2.91. The van der Waals surface area contributed by atoms with E-state index in [0.717, 1.165) is 0 Å². The Bertz CT molecular complexity index is 749. The molecule has 0 bridgehead atoms. The summed E-state index contributed by atoms with van der Waals surface area (Å²) in [6.45, 7) is 3.51. The van der Waals surface area contributed by atoms with Crippen molar-refractivity contribution in [1.82, 2.24) is 4.90 Å². The number of amides is 1. The third-order valence-corrected chi connectivity index (χ3v) is 6.10. The average Bonchev–Trinajstić information content (AvgIpc) is 2.92. The van der Waals surface area contributed by atoms with Crippen molar-refractivity contribution < 1.29 is 22.9 Å². The van der Waals surface area contributed by atoms with E-state index in [4.69, 9.17) is 4.74 Å². The number of rotatable bonds is 7. The standard InChI is InChI=1S/C16H22N2O6S/c1-3-12(2)17(14-7-8-25(22,23)11-14)16(19)10-24-15-6-4-5-13(9-15)18(20)21/h4-6,9,12,14H,3,7-8,10-11H2,1-2H3/t12-,14+/m1/s1. The van der Waals surface area contributed by atoms with E-state index in [2.05, 4.69) is 0 Å². The van der Waals surface area contributed by atoms with Crippen LogP contribution in [-0.2, 0) is 14.6 Å². The fraction of sp³-hybridized carbons (Fsp3) is 0.562. The van der Waals surface area contributed by atoms with E-state index in [1.807, 2.05) is 13.8 Å². The van der Waals surface area contributed by atoms with Gasteiger partial charge in [0, 0.05) is 18.2 Å². The van der Waals surface area contributed by atoms with Crippen LogP contribution in [0.4, 0.5) is 5.69 Å². The molecule has 8 nitrogen and oxygen atoms in total. The lowest BCUT2D eigenvalue weighted by Gasteiger charge is -2.33. The molecule has 25 heavy (non-hydrogen) atoms. The molecule has 1 aromatic rings. The first kappa shape index (κ1) is 19.2. The Labute approximate surface area is 146 Å². The fourth-order valence-corrected chi connectivity index (χ4v) is 4.62. The molecular weight excluding hydrogens is 348 g/mol. The molecule has 1 saturated heterocycles. The predicted molar refractivity (Wildman–Crippen MR) is 92.2 cm³/mol. The minimum absolute atomic E-state index is 0.0279. The summed E-state index contributed by atoms with van der Waals surface area (Å²) in [7, 11) is -3.11. The quantitative estimate of drug-likeness (QED) is 0.535. The molecular formula is C16H22N2O6S. The van der Waals surface area contributed by atoms with Crippen LogP contribution >= 0.6 is 0 Å². The Morgan fingerprint density at radius 1 is 1.48 bits per heavy atom. The number of nitro benzene ring substituents is 1. The molecule has 1 amide bonds. The van der Waals surface area contributed by atoms with Gasteiger partial charge in [0.05, 0.1) is 22.5 Å². The van der Waals surface area contributed by atoms with Crippen molar-refractivity contribution in [2.45, 2.75) is 38.8 Å². The first-order chi connectivity index (χ1) is 11.7. The van der Waals surface area contributed by atoms with Crippen molar-refractivity contribution in [3.8, 4) is 5.75 Å². The van der Waals surface area contributed by atoms with Crippen LogP contribution in [0.5, 0.6) is 5.75 Å². The van der Waals surface area contributed by atoms with Gasteiger partial charge >= 0.3 is 0 Å². The normalized spacial score (nSPS) is 20.0. The molecule has 9 heteroatoms. The molecule has 1 aliphatic rings. The van der Waals surface area contributed by atoms with Gasteiger partial charge in [-0.3, -0.25) is 14.9 Å². The van der Waals surface area contributed by atoms with Crippen molar-refractivity contribution >= 4 is 21.4 Å². The molecule has 1 fully saturated rings. The molecule has 0 aromatic heterocycles. The minimum Gasteiger partial charge on any atom is -0.484 e. The van der Waals surface area contributed by atoms with E-state index >= 15 is 0 Å². The number of nitro groups is 1. The summed E-state index contributed by atoms with van der Waals surface area (Å²) in [6, 6.07) is 5.15. The van der Waals surface area contributed by atoms with E-state index in [1.165, 1.54) is 24.3 Å². The van der Waals surface area contributed by atoms with Gasteiger partial charge in [0.2, 0.25) is 0 Å². The highest BCUT2D eigenvalue weighted by Gasteiger charge is 2.36. The predicted octanol–water partition coefficient (Wildman–Crippen LogP) is 1.79. The maximum absolute atomic E-state index is 12.6. The maximum Gasteiger partial charge on any atom is 0.273 e. The van der Waals surface area contributed by atoms with Gasteiger partial charge in [-0.1, -0.05) is 13.0 Å². The summed E-state index contributed by atoms with van der Waals surface area (Å²) in [5.74, 6) is -0.0302. The smallest absolute Gasteiger partial charge is 0.273 e. The SMILES string of the molecule is CC[C@@H](C)N(C(=O)COc1cccc([N+](=O)[O-])c1)[C@H]1CCS(=O)(=O)C1. The molecule has 1 aliphatic heterocycles. The highest BCUT2D eigenvalue weighted by Crippen LogP contribution is 2.23. The Hall–Kier alpha value is -2.16. The average molecular weight is 370 g/mol. The van der Waals surface area contributed by atoms with E-state index in [0.29, 0.717) is 12.8 Å². The van der Waals surface area contributed by atoms with Crippen molar-refractivity contribution in [1.29, 1.82) is 0 Å². The number of carbonyl (C=O) groups is 1. The Kier molecular flexibility index (Phi) is 5.99. The second kappa shape index (κ2) is 7.81. The second-order valence-electron chi connectivity index (χ2n) is 6.16. The van der Waals surface area contributed by atoms with Gasteiger partial charge in [-0.05, 0) is 25.8 Å². The summed E-state index contributed by atoms with van der Waals surface area (Å²) in [6.07, 6.45) is 1.12. The maximum atomic E-state index is 12.6. The van der Waals surface area contributed by atoms with Crippen LogP contribution in [0, 0.1) is 10.1 Å². The monoisotopic (exact) mass is 370 g/mol. The summed E-state index contributed by atoms with van der Waals surface area (Å²) >= 11 is 0. The van der Waals surface area contributed by atoms with Crippen molar-refractivity contribution in [2.75, 3.05) is 18.1 Å². The largest absolute Gasteiger partial charge is 0.484 e. The molecule has 0 unspecified atom stereocenters. The van der Waals surface area contributed by atoms with Gasteiger partial charge in [-0.2, -0.15) is 0 Å². The zero-order chi connectivity index (χ0) is 18.6. The molecule has 0 aliphatic carbocycles. The molecule has 0 radical (unpaired) electrons. The van der Waals surface area contributed by atoms with E-state index in [-0.39, 0.29) is 47.5 Å². The van der Waals surface area contributed by atoms with E-state index in [1.54, 1.807) is 4.90 Å². The van der Waals surface area contributed by atoms with Gasteiger partial charge in [0.15, 0.2) is 16.4 Å². The Morgan fingerprint density at radius 2 is 2.20 bits per heavy atom. The Balaban J connectivity index is 2.07. The third-order valence-electron chi connectivity index (χ3n) is 4.35. The van der Waals surface area contributed by atoms with Crippen LogP contribution in [0.1, 0.15) is 26.7 Å². The van der Waals surface area contributed by atoms with Gasteiger partial charge < -0.3 is 9.64 Å². The first-order valence-electron chi connectivity index (χ1n) is 8.12. The van der Waals surface area contributed by atoms with Crippen LogP contribution in [0.3, 0.4) is 0 Å². The highest BCUT2D eigenvalue weighted by atomic mass is 32.2. The second-order valence-corrected chi connectivity index (χ2v) is 8.39. The minimum atomic E-state index is -3.11. The number of nitrogens with zero attached hydrogens (tertiary/aromatic N) is 2. The Morgan fingerprint density at radius 3 is 2.76 bits per heavy atom. The van der Waals surface area contributed by atoms with E-state index in [9.17, 15) is 23.3 Å². The molecule has 1 aromatic carbocycles. The summed E-state index contributed by atoms with van der Waals surface area (Å²) in [4.78, 5) is 24.4. The summed E-state index contributed by atoms with van der Waals surface area (Å²) in [5, 5.41) is 10.8. The number of benzene rings is 1. The van der Waals surface area contributed by atoms with Crippen molar-refractivity contribution in [3.63, 3.8) is 0 Å². The van der Waals surface area contributed by atoms with E-state index < -0.39 is 14.8 Å². The molecule has 2 atom stereocenters. The van der Waals surface area contributed by atoms with Gasteiger partial charge in [-0.25, -0.2) is 8.42 Å². The highest BCUT2D eigenvalue weighted by molar-refractivity contribution is 7.91. The molecule has 0 N–H and O–H groups in total. The van der Waals surface area contributed by atoms with Gasteiger partial charge in [0.1, 0.15) is 5.75 Å². The van der Waals surface area contributed by atoms with Crippen LogP contribution in [0.2, 0.25) is 0 Å². The number of carbonyl (C=O) groups excluding carboxylic acids is 1.